The van der Waals surface area contributed by atoms with Crippen LogP contribution in [0.15, 0.2) is 11.1 Å². The zero-order valence-corrected chi connectivity index (χ0v) is 8.76. The summed E-state index contributed by atoms with van der Waals surface area (Å²) < 4.78 is 4.56. The molecule has 1 aliphatic rings. The summed E-state index contributed by atoms with van der Waals surface area (Å²) in [6, 6.07) is 0. The van der Waals surface area contributed by atoms with Crippen LogP contribution >= 0.6 is 0 Å². The zero-order valence-electron chi connectivity index (χ0n) is 8.76. The molecule has 0 N–H and O–H groups in total. The van der Waals surface area contributed by atoms with E-state index in [-0.39, 0.29) is 0 Å². The van der Waals surface area contributed by atoms with E-state index in [0.717, 1.165) is 19.3 Å². The van der Waals surface area contributed by atoms with Crippen molar-refractivity contribution in [2.75, 3.05) is 0 Å². The highest BCUT2D eigenvalue weighted by Crippen LogP contribution is 2.24. The third-order valence-corrected chi connectivity index (χ3v) is 2.43. The van der Waals surface area contributed by atoms with Crippen LogP contribution < -0.4 is 0 Å². The van der Waals surface area contributed by atoms with Crippen molar-refractivity contribution in [2.45, 2.75) is 46.0 Å². The second-order valence-corrected chi connectivity index (χ2v) is 3.44. The first kappa shape index (κ1) is 11.0. The van der Waals surface area contributed by atoms with Gasteiger partial charge in [-0.2, -0.15) is 0 Å². The Kier molecular flexibility index (Phi) is 3.86. The lowest BCUT2D eigenvalue weighted by molar-refractivity contribution is -0.151. The van der Waals surface area contributed by atoms with Crippen molar-refractivity contribution in [1.82, 2.24) is 0 Å². The summed E-state index contributed by atoms with van der Waals surface area (Å²) in [5.74, 6) is -0.869. The van der Waals surface area contributed by atoms with E-state index in [2.05, 4.69) is 11.7 Å². The normalized spacial score (nSPS) is 16.4. The summed E-state index contributed by atoms with van der Waals surface area (Å²) in [6.07, 6.45) is 4.42. The summed E-state index contributed by atoms with van der Waals surface area (Å²) in [5, 5.41) is 0. The van der Waals surface area contributed by atoms with E-state index < -0.39 is 11.9 Å². The first-order chi connectivity index (χ1) is 6.70. The number of ether oxygens (including phenoxy) is 1. The highest BCUT2D eigenvalue weighted by molar-refractivity contribution is 6.12. The number of carbonyl (C=O) groups is 2. The number of esters is 2. The standard InChI is InChI=1S/C11H16O3/c1-3-5-6-7-9-8(4-2)10(12)14-11(9)13/h3-7H2,1-2H3. The van der Waals surface area contributed by atoms with Crippen LogP contribution in [0.25, 0.3) is 0 Å². The van der Waals surface area contributed by atoms with Crippen LogP contribution in [-0.2, 0) is 14.3 Å². The van der Waals surface area contributed by atoms with E-state index in [4.69, 9.17) is 0 Å². The van der Waals surface area contributed by atoms with Crippen molar-refractivity contribution in [2.24, 2.45) is 0 Å². The molecule has 0 saturated carbocycles. The number of unbranched alkanes of at least 4 members (excludes halogenated alkanes) is 2. The summed E-state index contributed by atoms with van der Waals surface area (Å²) in [7, 11) is 0. The Hall–Kier alpha value is -1.12. The molecule has 0 aromatic carbocycles. The molecule has 0 radical (unpaired) electrons. The van der Waals surface area contributed by atoms with Crippen LogP contribution in [0.4, 0.5) is 0 Å². The van der Waals surface area contributed by atoms with Gasteiger partial charge in [0.05, 0.1) is 0 Å². The van der Waals surface area contributed by atoms with Gasteiger partial charge in [0.25, 0.3) is 0 Å². The molecule has 0 spiro atoms. The second-order valence-electron chi connectivity index (χ2n) is 3.44. The predicted molar refractivity (Wildman–Crippen MR) is 52.6 cm³/mol. The van der Waals surface area contributed by atoms with Crippen molar-refractivity contribution in [3.05, 3.63) is 11.1 Å². The highest BCUT2D eigenvalue weighted by atomic mass is 16.6. The van der Waals surface area contributed by atoms with Crippen molar-refractivity contribution < 1.29 is 14.3 Å². The fraction of sp³-hybridized carbons (Fsp3) is 0.636. The van der Waals surface area contributed by atoms with Crippen molar-refractivity contribution in [3.8, 4) is 0 Å². The molecule has 0 fully saturated rings. The largest absolute Gasteiger partial charge is 0.386 e. The Morgan fingerprint density at radius 3 is 2.21 bits per heavy atom. The van der Waals surface area contributed by atoms with Crippen LogP contribution in [0.2, 0.25) is 0 Å². The Morgan fingerprint density at radius 1 is 1.00 bits per heavy atom. The number of rotatable bonds is 5. The van der Waals surface area contributed by atoms with Crippen LogP contribution in [-0.4, -0.2) is 11.9 Å². The highest BCUT2D eigenvalue weighted by Gasteiger charge is 2.30. The number of carbonyl (C=O) groups excluding carboxylic acids is 2. The molecule has 0 aromatic rings. The van der Waals surface area contributed by atoms with E-state index in [1.54, 1.807) is 0 Å². The molecule has 0 amide bonds. The number of cyclic esters (lactones) is 2. The number of hydrogen-bond donors (Lipinski definition) is 0. The van der Waals surface area contributed by atoms with Gasteiger partial charge in [0.15, 0.2) is 0 Å². The molecule has 1 rings (SSSR count). The van der Waals surface area contributed by atoms with Gasteiger partial charge in [-0.3, -0.25) is 0 Å². The molecule has 1 heterocycles. The van der Waals surface area contributed by atoms with Crippen LogP contribution in [0, 0.1) is 0 Å². The molecule has 3 heteroatoms. The van der Waals surface area contributed by atoms with Crippen molar-refractivity contribution in [3.63, 3.8) is 0 Å². The lowest BCUT2D eigenvalue weighted by atomic mass is 10.0. The molecule has 0 atom stereocenters. The maximum absolute atomic E-state index is 11.2. The minimum absolute atomic E-state index is 0.428. The molecule has 14 heavy (non-hydrogen) atoms. The van der Waals surface area contributed by atoms with Crippen LogP contribution in [0.5, 0.6) is 0 Å². The van der Waals surface area contributed by atoms with Crippen molar-refractivity contribution in [1.29, 1.82) is 0 Å². The third kappa shape index (κ3) is 2.22. The molecule has 0 unspecified atom stereocenters. The maximum Gasteiger partial charge on any atom is 0.342 e. The Labute approximate surface area is 84.1 Å². The van der Waals surface area contributed by atoms with E-state index >= 15 is 0 Å². The zero-order chi connectivity index (χ0) is 10.6. The average Bonchev–Trinajstić information content (AvgIpc) is 2.42. The quantitative estimate of drug-likeness (QED) is 0.385. The summed E-state index contributed by atoms with van der Waals surface area (Å²) in [6.45, 7) is 3.97. The van der Waals surface area contributed by atoms with E-state index in [9.17, 15) is 9.59 Å². The van der Waals surface area contributed by atoms with Gasteiger partial charge in [0.1, 0.15) is 0 Å². The first-order valence-electron chi connectivity index (χ1n) is 5.19. The summed E-state index contributed by atoms with van der Waals surface area (Å²) in [5.41, 5.74) is 1.18. The lowest BCUT2D eigenvalue weighted by Gasteiger charge is -1.98. The Morgan fingerprint density at radius 2 is 1.64 bits per heavy atom. The fourth-order valence-corrected chi connectivity index (χ4v) is 1.62. The van der Waals surface area contributed by atoms with Gasteiger partial charge in [0.2, 0.25) is 0 Å². The van der Waals surface area contributed by atoms with Gasteiger partial charge in [0, 0.05) is 11.1 Å². The van der Waals surface area contributed by atoms with Crippen molar-refractivity contribution >= 4 is 11.9 Å². The fourth-order valence-electron chi connectivity index (χ4n) is 1.62. The molecule has 0 aliphatic carbocycles. The van der Waals surface area contributed by atoms with Crippen LogP contribution in [0.3, 0.4) is 0 Å². The van der Waals surface area contributed by atoms with Gasteiger partial charge >= 0.3 is 11.9 Å². The molecule has 78 valence electrons. The molecular formula is C11H16O3. The number of hydrogen-bond acceptors (Lipinski definition) is 3. The van der Waals surface area contributed by atoms with Gasteiger partial charge in [-0.15, -0.1) is 0 Å². The van der Waals surface area contributed by atoms with Crippen LogP contribution in [0.1, 0.15) is 46.0 Å². The first-order valence-corrected chi connectivity index (χ1v) is 5.19. The second kappa shape index (κ2) is 4.94. The van der Waals surface area contributed by atoms with Gasteiger partial charge in [-0.05, 0) is 19.3 Å². The molecule has 1 aliphatic heterocycles. The Balaban J connectivity index is 2.66. The lowest BCUT2D eigenvalue weighted by Crippen LogP contribution is -2.02. The molecule has 0 bridgehead atoms. The van der Waals surface area contributed by atoms with Gasteiger partial charge < -0.3 is 4.74 Å². The smallest absolute Gasteiger partial charge is 0.342 e. The minimum atomic E-state index is -0.441. The predicted octanol–water partition coefficient (Wildman–Crippen LogP) is 2.36. The molecular weight excluding hydrogens is 180 g/mol. The van der Waals surface area contributed by atoms with Gasteiger partial charge in [-0.1, -0.05) is 26.7 Å². The van der Waals surface area contributed by atoms with E-state index in [1.807, 2.05) is 6.92 Å². The maximum atomic E-state index is 11.2. The SMILES string of the molecule is CCCCCC1=C(CC)C(=O)OC1=O. The molecule has 0 aromatic heterocycles. The molecule has 3 nitrogen and oxygen atoms in total. The summed E-state index contributed by atoms with van der Waals surface area (Å²) >= 11 is 0. The minimum Gasteiger partial charge on any atom is -0.386 e. The van der Waals surface area contributed by atoms with E-state index in [1.165, 1.54) is 0 Å². The van der Waals surface area contributed by atoms with E-state index in [0.29, 0.717) is 24.0 Å². The average molecular weight is 196 g/mol. The molecule has 0 saturated heterocycles. The third-order valence-electron chi connectivity index (χ3n) is 2.43. The topological polar surface area (TPSA) is 43.4 Å². The van der Waals surface area contributed by atoms with Gasteiger partial charge in [-0.25, -0.2) is 9.59 Å². The monoisotopic (exact) mass is 196 g/mol. The Bertz CT molecular complexity index is 276. The summed E-state index contributed by atoms with van der Waals surface area (Å²) in [4.78, 5) is 22.4.